The van der Waals surface area contributed by atoms with Crippen molar-refractivity contribution in [1.29, 1.82) is 0 Å². The molecule has 1 aliphatic rings. The second-order valence-electron chi connectivity index (χ2n) is 4.81. The van der Waals surface area contributed by atoms with Crippen LogP contribution in [-0.4, -0.2) is 27.8 Å². The molecule has 2 aromatic rings. The van der Waals surface area contributed by atoms with Crippen molar-refractivity contribution in [3.8, 4) is 0 Å². The molecule has 2 heterocycles. The van der Waals surface area contributed by atoms with Crippen molar-refractivity contribution in [3.05, 3.63) is 21.1 Å². The number of hydrogen-bond acceptors (Lipinski definition) is 6. The van der Waals surface area contributed by atoms with E-state index in [4.69, 9.17) is 16.3 Å². The lowest BCUT2D eigenvalue weighted by Gasteiger charge is -2.01. The maximum Gasteiger partial charge on any atom is 0.351 e. The summed E-state index contributed by atoms with van der Waals surface area (Å²) in [5.41, 5.74) is 1.22. The maximum atomic E-state index is 11.7. The average Bonchev–Trinajstić information content (AvgIpc) is 3.14. The molecule has 2 aromatic heterocycles. The van der Waals surface area contributed by atoms with Gasteiger partial charge in [0.15, 0.2) is 21.0 Å². The van der Waals surface area contributed by atoms with Crippen LogP contribution >= 0.6 is 22.9 Å². The van der Waals surface area contributed by atoms with Crippen molar-refractivity contribution >= 4 is 40.5 Å². The van der Waals surface area contributed by atoms with E-state index < -0.39 is 5.97 Å². The molecule has 112 valence electrons. The quantitative estimate of drug-likeness (QED) is 0.853. The van der Waals surface area contributed by atoms with Gasteiger partial charge in [0, 0.05) is 24.2 Å². The number of rotatable bonds is 5. The van der Waals surface area contributed by atoms with Crippen molar-refractivity contribution in [1.82, 2.24) is 14.8 Å². The number of methoxy groups -OCH3 is 1. The van der Waals surface area contributed by atoms with Gasteiger partial charge in [-0.15, -0.1) is 0 Å². The summed E-state index contributed by atoms with van der Waals surface area (Å²) in [6.07, 6.45) is 2.42. The molecule has 0 aromatic carbocycles. The van der Waals surface area contributed by atoms with Gasteiger partial charge in [0.25, 0.3) is 0 Å². The van der Waals surface area contributed by atoms with Crippen LogP contribution in [0, 0.1) is 0 Å². The van der Waals surface area contributed by atoms with Crippen molar-refractivity contribution in [3.63, 3.8) is 0 Å². The van der Waals surface area contributed by atoms with Gasteiger partial charge in [-0.05, 0) is 19.8 Å². The van der Waals surface area contributed by atoms with E-state index in [1.165, 1.54) is 25.6 Å². The van der Waals surface area contributed by atoms with E-state index in [0.717, 1.165) is 17.9 Å². The zero-order valence-corrected chi connectivity index (χ0v) is 13.3. The molecular formula is C13H15ClN4O2S. The molecule has 1 fully saturated rings. The Balaban J connectivity index is 1.88. The summed E-state index contributed by atoms with van der Waals surface area (Å²) in [5, 5.41) is 7.56. The fourth-order valence-electron chi connectivity index (χ4n) is 2.18. The Bertz CT molecular complexity index is 678. The number of thiazole rings is 1. The smallest absolute Gasteiger partial charge is 0.351 e. The van der Waals surface area contributed by atoms with Gasteiger partial charge in [0.05, 0.1) is 7.11 Å². The highest BCUT2D eigenvalue weighted by Gasteiger charge is 2.28. The summed E-state index contributed by atoms with van der Waals surface area (Å²) in [5.74, 6) is 1.21. The normalized spacial score (nSPS) is 14.2. The molecule has 8 heteroatoms. The SMILES string of the molecule is CCn1nc(Nc2nc(Cl)sc2C(=O)OC)cc1C1CC1. The van der Waals surface area contributed by atoms with E-state index in [0.29, 0.717) is 22.4 Å². The molecule has 0 spiro atoms. The lowest BCUT2D eigenvalue weighted by atomic mass is 10.3. The highest BCUT2D eigenvalue weighted by molar-refractivity contribution is 7.18. The molecule has 0 bridgehead atoms. The zero-order chi connectivity index (χ0) is 15.0. The first-order valence-electron chi connectivity index (χ1n) is 6.71. The van der Waals surface area contributed by atoms with Crippen LogP contribution in [0.5, 0.6) is 0 Å². The summed E-state index contributed by atoms with van der Waals surface area (Å²) in [4.78, 5) is 16.2. The van der Waals surface area contributed by atoms with Gasteiger partial charge in [0.2, 0.25) is 0 Å². The van der Waals surface area contributed by atoms with Crippen LogP contribution in [0.2, 0.25) is 4.47 Å². The van der Waals surface area contributed by atoms with Crippen molar-refractivity contribution in [2.75, 3.05) is 12.4 Å². The third-order valence-corrected chi connectivity index (χ3v) is 4.46. The number of halogens is 1. The van der Waals surface area contributed by atoms with E-state index in [9.17, 15) is 4.79 Å². The first kappa shape index (κ1) is 14.3. The van der Waals surface area contributed by atoms with Gasteiger partial charge in [0.1, 0.15) is 0 Å². The summed E-state index contributed by atoms with van der Waals surface area (Å²) in [7, 11) is 1.33. The molecule has 0 aliphatic heterocycles. The second kappa shape index (κ2) is 5.65. The van der Waals surface area contributed by atoms with Crippen LogP contribution in [-0.2, 0) is 11.3 Å². The summed E-state index contributed by atoms with van der Waals surface area (Å²) >= 11 is 6.98. The van der Waals surface area contributed by atoms with Crippen LogP contribution in [0.1, 0.15) is 41.0 Å². The molecule has 6 nitrogen and oxygen atoms in total. The van der Waals surface area contributed by atoms with E-state index in [1.807, 2.05) is 10.7 Å². The molecule has 0 amide bonds. The summed E-state index contributed by atoms with van der Waals surface area (Å²) < 4.78 is 7.00. The van der Waals surface area contributed by atoms with E-state index in [-0.39, 0.29) is 4.47 Å². The number of aryl methyl sites for hydroxylation is 1. The van der Waals surface area contributed by atoms with Crippen LogP contribution in [0.3, 0.4) is 0 Å². The van der Waals surface area contributed by atoms with Crippen LogP contribution in [0.25, 0.3) is 0 Å². The maximum absolute atomic E-state index is 11.7. The lowest BCUT2D eigenvalue weighted by Crippen LogP contribution is -2.04. The molecule has 0 radical (unpaired) electrons. The highest BCUT2D eigenvalue weighted by atomic mass is 35.5. The van der Waals surface area contributed by atoms with Crippen molar-refractivity contribution < 1.29 is 9.53 Å². The van der Waals surface area contributed by atoms with Gasteiger partial charge in [-0.3, -0.25) is 4.68 Å². The Morgan fingerprint density at radius 2 is 2.38 bits per heavy atom. The molecule has 1 saturated carbocycles. The van der Waals surface area contributed by atoms with Gasteiger partial charge >= 0.3 is 5.97 Å². The third-order valence-electron chi connectivity index (χ3n) is 3.32. The lowest BCUT2D eigenvalue weighted by molar-refractivity contribution is 0.0607. The van der Waals surface area contributed by atoms with E-state index in [1.54, 1.807) is 0 Å². The Morgan fingerprint density at radius 1 is 1.62 bits per heavy atom. The summed E-state index contributed by atoms with van der Waals surface area (Å²) in [6.45, 7) is 2.87. The number of carbonyl (C=O) groups is 1. The standard InChI is InChI=1S/C13H15ClN4O2S/c1-3-18-8(7-4-5-7)6-9(17-18)15-11-10(12(19)20-2)21-13(14)16-11/h6-7H,3-5H2,1-2H3,(H,15,17). The molecule has 0 unspecified atom stereocenters. The van der Waals surface area contributed by atoms with Gasteiger partial charge < -0.3 is 10.1 Å². The second-order valence-corrected chi connectivity index (χ2v) is 6.39. The number of ether oxygens (including phenoxy) is 1. The first-order valence-corrected chi connectivity index (χ1v) is 7.91. The largest absolute Gasteiger partial charge is 0.465 e. The molecule has 0 atom stereocenters. The van der Waals surface area contributed by atoms with Crippen molar-refractivity contribution in [2.45, 2.75) is 32.2 Å². The zero-order valence-electron chi connectivity index (χ0n) is 11.7. The number of nitrogens with zero attached hydrogens (tertiary/aromatic N) is 3. The fraction of sp³-hybridized carbons (Fsp3) is 0.462. The molecule has 21 heavy (non-hydrogen) atoms. The van der Waals surface area contributed by atoms with E-state index >= 15 is 0 Å². The minimum absolute atomic E-state index is 0.287. The minimum atomic E-state index is -0.459. The molecule has 0 saturated heterocycles. The number of nitrogens with one attached hydrogen (secondary N) is 1. The Kier molecular flexibility index (Phi) is 3.86. The van der Waals surface area contributed by atoms with Crippen molar-refractivity contribution in [2.24, 2.45) is 0 Å². The minimum Gasteiger partial charge on any atom is -0.465 e. The fourth-order valence-corrected chi connectivity index (χ4v) is 3.17. The Labute approximate surface area is 131 Å². The van der Waals surface area contributed by atoms with Crippen LogP contribution < -0.4 is 5.32 Å². The summed E-state index contributed by atoms with van der Waals surface area (Å²) in [6, 6.07) is 2.01. The molecule has 1 N–H and O–H groups in total. The molecule has 1 aliphatic carbocycles. The number of esters is 1. The van der Waals surface area contributed by atoms with Gasteiger partial charge in [-0.2, -0.15) is 5.10 Å². The molecular weight excluding hydrogens is 312 g/mol. The first-order chi connectivity index (χ1) is 10.1. The predicted molar refractivity (Wildman–Crippen MR) is 81.6 cm³/mol. The number of hydrogen-bond donors (Lipinski definition) is 1. The topological polar surface area (TPSA) is 69.0 Å². The third kappa shape index (κ3) is 2.89. The molecule has 3 rings (SSSR count). The number of carbonyl (C=O) groups excluding carboxylic acids is 1. The Morgan fingerprint density at radius 3 is 3.00 bits per heavy atom. The van der Waals surface area contributed by atoms with Crippen LogP contribution in [0.15, 0.2) is 6.07 Å². The Hall–Kier alpha value is -1.60. The highest BCUT2D eigenvalue weighted by Crippen LogP contribution is 2.41. The monoisotopic (exact) mass is 326 g/mol. The number of anilines is 2. The van der Waals surface area contributed by atoms with Gasteiger partial charge in [-0.1, -0.05) is 22.9 Å². The average molecular weight is 327 g/mol. The predicted octanol–water partition coefficient (Wildman–Crippen LogP) is 3.42. The van der Waals surface area contributed by atoms with Crippen LogP contribution in [0.4, 0.5) is 11.6 Å². The van der Waals surface area contributed by atoms with Gasteiger partial charge in [-0.25, -0.2) is 9.78 Å². The number of aromatic nitrogens is 3. The van der Waals surface area contributed by atoms with E-state index in [2.05, 4.69) is 22.3 Å².